The number of nitrogens with one attached hydrogen (secondary N) is 3. The summed E-state index contributed by atoms with van der Waals surface area (Å²) in [6.45, 7) is -0.122. The SMILES string of the molecule is COC(=O)CCNCCC(=O)Nc1cccc(C[N+](=O)CCCC(=O)Nc2ccn(C3OC(CO)C(O)C3(F)F)c(=O)n2)c1. The number of alkyl halides is 2. The number of hydrogen-bond donors (Lipinski definition) is 5. The molecule has 1 aromatic carbocycles. The van der Waals surface area contributed by atoms with Gasteiger partial charge >= 0.3 is 17.6 Å². The number of esters is 1. The van der Waals surface area contributed by atoms with Crippen LogP contribution < -0.4 is 21.6 Å². The lowest BCUT2D eigenvalue weighted by Crippen LogP contribution is -2.41. The number of hydrogen-bond acceptors (Lipinski definition) is 11. The van der Waals surface area contributed by atoms with Crippen LogP contribution in [-0.4, -0.2) is 93.8 Å². The lowest BCUT2D eigenvalue weighted by Gasteiger charge is -2.21. The molecule has 1 saturated heterocycles. The Morgan fingerprint density at radius 2 is 1.86 bits per heavy atom. The molecule has 1 aliphatic heterocycles. The van der Waals surface area contributed by atoms with Gasteiger partial charge in [-0.15, -0.1) is 0 Å². The Hall–Kier alpha value is -4.19. The summed E-state index contributed by atoms with van der Waals surface area (Å²) in [6, 6.07) is 7.84. The highest BCUT2D eigenvalue weighted by Crippen LogP contribution is 2.41. The highest BCUT2D eigenvalue weighted by Gasteiger charge is 2.59. The largest absolute Gasteiger partial charge is 0.469 e. The van der Waals surface area contributed by atoms with E-state index < -0.39 is 42.6 Å². The van der Waals surface area contributed by atoms with Gasteiger partial charge in [0.05, 0.1) is 20.1 Å². The standard InChI is InChI=1S/C27H34F2N6O9/c1-43-23(39)8-11-30-10-7-22(38)31-18-5-2-4-17(14-18)15-34(42)12-3-6-21(37)32-20-9-13-35(26(41)33-20)25-27(28,29)24(40)19(16-36)44-25/h2,4-5,9,13-14,19,24-25,30,36,40H,3,6-8,10-12,15-16H2,1H3,(H-,31,32,33,37,38,41)/p+1. The van der Waals surface area contributed by atoms with Gasteiger partial charge in [-0.25, -0.2) is 4.79 Å². The average Bonchev–Trinajstić information content (AvgIpc) is 3.20. The number of aromatic nitrogens is 2. The van der Waals surface area contributed by atoms with Gasteiger partial charge in [0.25, 0.3) is 0 Å². The number of rotatable bonds is 16. The van der Waals surface area contributed by atoms with Gasteiger partial charge in [0, 0.05) is 59.5 Å². The van der Waals surface area contributed by atoms with Gasteiger partial charge in [0.1, 0.15) is 11.9 Å². The van der Waals surface area contributed by atoms with Crippen LogP contribution in [0.2, 0.25) is 0 Å². The van der Waals surface area contributed by atoms with Crippen LogP contribution in [0.3, 0.4) is 0 Å². The van der Waals surface area contributed by atoms with E-state index in [1.54, 1.807) is 24.3 Å². The first-order valence-corrected chi connectivity index (χ1v) is 13.7. The fourth-order valence-electron chi connectivity index (χ4n) is 4.27. The first-order chi connectivity index (χ1) is 20.9. The number of benzene rings is 1. The van der Waals surface area contributed by atoms with Crippen LogP contribution in [0.25, 0.3) is 0 Å². The first kappa shape index (κ1) is 34.3. The lowest BCUT2D eigenvalue weighted by molar-refractivity contribution is -0.564. The third-order valence-electron chi connectivity index (χ3n) is 6.55. The molecule has 1 aromatic heterocycles. The highest BCUT2D eigenvalue weighted by molar-refractivity contribution is 5.91. The summed E-state index contributed by atoms with van der Waals surface area (Å²) in [5.41, 5.74) is -0.0237. The number of carbonyl (C=O) groups excluding carboxylic acids is 3. The Kier molecular flexibility index (Phi) is 12.5. The number of nitroso groups, excluding NO2 is 1. The predicted octanol–water partition coefficient (Wildman–Crippen LogP) is 0.308. The Morgan fingerprint density at radius 3 is 2.55 bits per heavy atom. The van der Waals surface area contributed by atoms with E-state index >= 15 is 0 Å². The maximum Gasteiger partial charge on any atom is 0.351 e. The molecule has 240 valence electrons. The Bertz CT molecular complexity index is 1390. The lowest BCUT2D eigenvalue weighted by atomic mass is 10.1. The molecule has 1 fully saturated rings. The van der Waals surface area contributed by atoms with Gasteiger partial charge < -0.3 is 35.6 Å². The maximum atomic E-state index is 14.3. The third kappa shape index (κ3) is 9.66. The number of amides is 2. The minimum Gasteiger partial charge on any atom is -0.469 e. The molecule has 2 aromatic rings. The summed E-state index contributed by atoms with van der Waals surface area (Å²) < 4.78 is 39.3. The summed E-state index contributed by atoms with van der Waals surface area (Å²) in [7, 11) is 1.30. The first-order valence-electron chi connectivity index (χ1n) is 13.7. The number of aliphatic hydroxyl groups is 2. The van der Waals surface area contributed by atoms with Crippen molar-refractivity contribution in [2.45, 2.75) is 56.6 Å². The zero-order chi connectivity index (χ0) is 32.3. The number of carbonyl (C=O) groups is 3. The zero-order valence-electron chi connectivity index (χ0n) is 23.9. The fraction of sp³-hybridized carbons (Fsp3) is 0.519. The molecule has 17 heteroatoms. The molecule has 0 spiro atoms. The molecule has 44 heavy (non-hydrogen) atoms. The van der Waals surface area contributed by atoms with Gasteiger partial charge in [-0.2, -0.15) is 13.8 Å². The van der Waals surface area contributed by atoms with Crippen molar-refractivity contribution >= 4 is 29.3 Å². The van der Waals surface area contributed by atoms with Crippen molar-refractivity contribution in [1.29, 1.82) is 0 Å². The minimum atomic E-state index is -3.87. The van der Waals surface area contributed by atoms with Gasteiger partial charge in [0.15, 0.2) is 12.6 Å². The van der Waals surface area contributed by atoms with Crippen LogP contribution in [-0.2, 0) is 30.4 Å². The van der Waals surface area contributed by atoms with Crippen molar-refractivity contribution in [3.8, 4) is 0 Å². The molecule has 1 aliphatic rings. The van der Waals surface area contributed by atoms with Crippen LogP contribution in [0.15, 0.2) is 41.3 Å². The topological polar surface area (TPSA) is 201 Å². The molecular formula is C27H35F2N6O9+. The van der Waals surface area contributed by atoms with E-state index in [9.17, 15) is 38.0 Å². The molecule has 15 nitrogen and oxygen atoms in total. The van der Waals surface area contributed by atoms with Crippen molar-refractivity contribution in [1.82, 2.24) is 14.9 Å². The summed E-state index contributed by atoms with van der Waals surface area (Å²) in [4.78, 5) is 63.8. The Morgan fingerprint density at radius 1 is 1.14 bits per heavy atom. The van der Waals surface area contributed by atoms with E-state index in [4.69, 9.17) is 9.84 Å². The zero-order valence-corrected chi connectivity index (χ0v) is 23.9. The van der Waals surface area contributed by atoms with Crippen molar-refractivity contribution in [2.24, 2.45) is 0 Å². The normalized spacial score (nSPS) is 18.9. The summed E-state index contributed by atoms with van der Waals surface area (Å²) in [5, 5.41) is 26.8. The van der Waals surface area contributed by atoms with Crippen molar-refractivity contribution < 1.29 is 47.6 Å². The fourth-order valence-corrected chi connectivity index (χ4v) is 4.27. The molecule has 3 rings (SSSR count). The van der Waals surface area contributed by atoms with E-state index in [0.29, 0.717) is 28.9 Å². The summed E-state index contributed by atoms with van der Waals surface area (Å²) in [5.74, 6) is -5.22. The molecule has 2 amide bonds. The van der Waals surface area contributed by atoms with E-state index in [1.807, 2.05) is 0 Å². The van der Waals surface area contributed by atoms with Gasteiger partial charge in [0.2, 0.25) is 24.6 Å². The van der Waals surface area contributed by atoms with Gasteiger partial charge in [-0.1, -0.05) is 12.1 Å². The molecule has 0 radical (unpaired) electrons. The van der Waals surface area contributed by atoms with Crippen molar-refractivity contribution in [3.63, 3.8) is 0 Å². The summed E-state index contributed by atoms with van der Waals surface area (Å²) in [6.07, 6.45) is -4.73. The van der Waals surface area contributed by atoms with E-state index in [-0.39, 0.29) is 56.5 Å². The van der Waals surface area contributed by atoms with E-state index in [1.165, 1.54) is 7.11 Å². The number of anilines is 2. The monoisotopic (exact) mass is 625 g/mol. The predicted molar refractivity (Wildman–Crippen MR) is 150 cm³/mol. The van der Waals surface area contributed by atoms with Gasteiger partial charge in [-0.05, 0) is 18.2 Å². The van der Waals surface area contributed by atoms with Crippen LogP contribution in [0, 0.1) is 4.91 Å². The molecule has 3 unspecified atom stereocenters. The second-order valence-electron chi connectivity index (χ2n) is 9.92. The minimum absolute atomic E-state index is 0.0000961. The smallest absolute Gasteiger partial charge is 0.351 e. The van der Waals surface area contributed by atoms with E-state index in [0.717, 1.165) is 17.0 Å². The van der Waals surface area contributed by atoms with Crippen LogP contribution in [0.1, 0.15) is 37.5 Å². The number of halogens is 2. The quantitative estimate of drug-likeness (QED) is 0.0976. The van der Waals surface area contributed by atoms with Crippen molar-refractivity contribution in [2.75, 3.05) is 44.0 Å². The Balaban J connectivity index is 1.40. The highest BCUT2D eigenvalue weighted by atomic mass is 19.3. The molecule has 0 saturated carbocycles. The van der Waals surface area contributed by atoms with Gasteiger partial charge in [-0.3, -0.25) is 19.0 Å². The van der Waals surface area contributed by atoms with Crippen molar-refractivity contribution in [3.05, 3.63) is 57.5 Å². The maximum absolute atomic E-state index is 14.3. The molecule has 5 N–H and O–H groups in total. The van der Waals surface area contributed by atoms with E-state index in [2.05, 4.69) is 25.7 Å². The molecule has 2 heterocycles. The third-order valence-corrected chi connectivity index (χ3v) is 6.55. The molecule has 0 bridgehead atoms. The number of aliphatic hydroxyl groups excluding tert-OH is 2. The molecule has 0 aliphatic carbocycles. The Labute approximate surface area is 250 Å². The second kappa shape index (κ2) is 16.0. The number of nitrogens with zero attached hydrogens (tertiary/aromatic N) is 3. The number of ether oxygens (including phenoxy) is 2. The second-order valence-corrected chi connectivity index (χ2v) is 9.92. The van der Waals surface area contributed by atoms with Crippen LogP contribution in [0.5, 0.6) is 0 Å². The van der Waals surface area contributed by atoms with Crippen LogP contribution in [0.4, 0.5) is 20.3 Å². The average molecular weight is 626 g/mol. The summed E-state index contributed by atoms with van der Waals surface area (Å²) >= 11 is 0. The number of methoxy groups -OCH3 is 1. The van der Waals surface area contributed by atoms with Crippen LogP contribution >= 0.6 is 0 Å². The molecular weight excluding hydrogens is 590 g/mol. The molecule has 3 atom stereocenters.